The van der Waals surface area contributed by atoms with Gasteiger partial charge in [0.15, 0.2) is 9.84 Å². The first-order valence-corrected chi connectivity index (χ1v) is 9.22. The second-order valence-electron chi connectivity index (χ2n) is 7.98. The zero-order valence-corrected chi connectivity index (χ0v) is 15.0. The lowest BCUT2D eigenvalue weighted by molar-refractivity contribution is 0.0751. The third kappa shape index (κ3) is 4.43. The van der Waals surface area contributed by atoms with Crippen molar-refractivity contribution in [2.75, 3.05) is 25.4 Å². The molecular formula is C15H32N2O2S. The van der Waals surface area contributed by atoms with Crippen molar-refractivity contribution in [2.45, 2.75) is 64.8 Å². The molecule has 1 aliphatic heterocycles. The molecule has 4 nitrogen and oxygen atoms in total. The summed E-state index contributed by atoms with van der Waals surface area (Å²) in [5.74, 6) is 0.770. The summed E-state index contributed by atoms with van der Waals surface area (Å²) in [7, 11) is -3.05. The van der Waals surface area contributed by atoms with Crippen molar-refractivity contribution in [1.29, 1.82) is 0 Å². The van der Waals surface area contributed by atoms with Crippen LogP contribution in [0.2, 0.25) is 0 Å². The van der Waals surface area contributed by atoms with E-state index in [-0.39, 0.29) is 11.3 Å². The zero-order chi connectivity index (χ0) is 15.8. The number of hydrogen-bond acceptors (Lipinski definition) is 4. The van der Waals surface area contributed by atoms with Gasteiger partial charge in [0.1, 0.15) is 0 Å². The van der Waals surface area contributed by atoms with Gasteiger partial charge in [0.25, 0.3) is 0 Å². The number of piperazine rings is 1. The smallest absolute Gasteiger partial charge is 0.156 e. The maximum Gasteiger partial charge on any atom is 0.156 e. The molecule has 1 heterocycles. The molecule has 0 aromatic rings. The third-order valence-electron chi connectivity index (χ3n) is 4.21. The van der Waals surface area contributed by atoms with Gasteiger partial charge in [-0.1, -0.05) is 13.8 Å². The summed E-state index contributed by atoms with van der Waals surface area (Å²) in [5.41, 5.74) is 0.0525. The van der Waals surface area contributed by atoms with E-state index in [1.54, 1.807) is 20.8 Å². The van der Waals surface area contributed by atoms with Crippen LogP contribution in [0.4, 0.5) is 0 Å². The van der Waals surface area contributed by atoms with Gasteiger partial charge in [-0.2, -0.15) is 0 Å². The summed E-state index contributed by atoms with van der Waals surface area (Å²) in [6, 6.07) is 0.415. The molecule has 1 saturated heterocycles. The monoisotopic (exact) mass is 304 g/mol. The predicted octanol–water partition coefficient (Wildman–Crippen LogP) is 1.91. The minimum Gasteiger partial charge on any atom is -0.309 e. The number of nitrogens with zero attached hydrogens (tertiary/aromatic N) is 1. The van der Waals surface area contributed by atoms with E-state index in [9.17, 15) is 8.42 Å². The molecule has 0 aliphatic carbocycles. The fraction of sp³-hybridized carbons (Fsp3) is 1.00. The Labute approximate surface area is 125 Å². The van der Waals surface area contributed by atoms with Crippen molar-refractivity contribution >= 4 is 9.84 Å². The Balaban J connectivity index is 2.76. The third-order valence-corrected chi connectivity index (χ3v) is 6.79. The van der Waals surface area contributed by atoms with Crippen LogP contribution < -0.4 is 5.32 Å². The second kappa shape index (κ2) is 5.93. The maximum absolute atomic E-state index is 12.3. The molecule has 5 heteroatoms. The minimum atomic E-state index is -3.05. The highest BCUT2D eigenvalue weighted by atomic mass is 32.2. The summed E-state index contributed by atoms with van der Waals surface area (Å²) in [5, 5.41) is 3.56. The molecule has 0 radical (unpaired) electrons. The van der Waals surface area contributed by atoms with Crippen molar-refractivity contribution in [2.24, 2.45) is 5.92 Å². The van der Waals surface area contributed by atoms with Crippen LogP contribution in [-0.4, -0.2) is 55.0 Å². The molecule has 0 bridgehead atoms. The summed E-state index contributed by atoms with van der Waals surface area (Å²) < 4.78 is 23.9. The number of rotatable bonds is 4. The molecule has 0 amide bonds. The van der Waals surface area contributed by atoms with Crippen molar-refractivity contribution in [3.8, 4) is 0 Å². The van der Waals surface area contributed by atoms with Gasteiger partial charge < -0.3 is 5.32 Å². The Bertz CT molecular complexity index is 422. The molecular weight excluding hydrogens is 272 g/mol. The molecule has 0 spiro atoms. The van der Waals surface area contributed by atoms with Gasteiger partial charge in [-0.3, -0.25) is 4.90 Å². The van der Waals surface area contributed by atoms with Crippen molar-refractivity contribution in [1.82, 2.24) is 10.2 Å². The molecule has 0 aromatic heterocycles. The first-order chi connectivity index (χ1) is 8.86. The number of hydrogen-bond donors (Lipinski definition) is 1. The first kappa shape index (κ1) is 17.9. The van der Waals surface area contributed by atoms with Gasteiger partial charge in [-0.25, -0.2) is 8.42 Å². The topological polar surface area (TPSA) is 49.4 Å². The lowest BCUT2D eigenvalue weighted by Gasteiger charge is -2.46. The van der Waals surface area contributed by atoms with E-state index in [0.717, 1.165) is 13.1 Å². The standard InChI is InChI=1S/C15H32N2O2S/c1-12(2)13-10-16-15(6,7)11-17(13)8-9-20(18,19)14(3,4)5/h12-13,16H,8-11H2,1-7H3. The molecule has 1 N–H and O–H groups in total. The van der Waals surface area contributed by atoms with Crippen molar-refractivity contribution < 1.29 is 8.42 Å². The molecule has 1 fully saturated rings. The highest BCUT2D eigenvalue weighted by Crippen LogP contribution is 2.22. The summed E-state index contributed by atoms with van der Waals surface area (Å²) in [6.07, 6.45) is 0. The fourth-order valence-corrected chi connectivity index (χ4v) is 3.72. The Hall–Kier alpha value is -0.130. The van der Waals surface area contributed by atoms with E-state index in [1.165, 1.54) is 0 Å². The highest BCUT2D eigenvalue weighted by Gasteiger charge is 2.36. The van der Waals surface area contributed by atoms with Crippen LogP contribution in [0.1, 0.15) is 48.5 Å². The summed E-state index contributed by atoms with van der Waals surface area (Å²) in [4.78, 5) is 2.35. The molecule has 20 heavy (non-hydrogen) atoms. The van der Waals surface area contributed by atoms with Gasteiger partial charge >= 0.3 is 0 Å². The average Bonchev–Trinajstić information content (AvgIpc) is 2.23. The van der Waals surface area contributed by atoms with Gasteiger partial charge in [0.2, 0.25) is 0 Å². The molecule has 1 rings (SSSR count). The van der Waals surface area contributed by atoms with Crippen LogP contribution in [-0.2, 0) is 9.84 Å². The lowest BCUT2D eigenvalue weighted by Crippen LogP contribution is -2.63. The number of nitrogens with one attached hydrogen (secondary N) is 1. The Morgan fingerprint density at radius 1 is 1.30 bits per heavy atom. The zero-order valence-electron chi connectivity index (χ0n) is 14.2. The molecule has 1 unspecified atom stereocenters. The fourth-order valence-electron chi connectivity index (χ4n) is 2.64. The van der Waals surface area contributed by atoms with Crippen LogP contribution >= 0.6 is 0 Å². The van der Waals surface area contributed by atoms with Crippen molar-refractivity contribution in [3.05, 3.63) is 0 Å². The van der Waals surface area contributed by atoms with E-state index >= 15 is 0 Å². The molecule has 1 atom stereocenters. The van der Waals surface area contributed by atoms with Crippen LogP contribution in [0.3, 0.4) is 0 Å². The van der Waals surface area contributed by atoms with Crippen LogP contribution in [0, 0.1) is 5.92 Å². The SMILES string of the molecule is CC(C)C1CNC(C)(C)CN1CCS(=O)(=O)C(C)(C)C. The second-order valence-corrected chi connectivity index (χ2v) is 10.8. The largest absolute Gasteiger partial charge is 0.309 e. The summed E-state index contributed by atoms with van der Waals surface area (Å²) >= 11 is 0. The molecule has 120 valence electrons. The minimum absolute atomic E-state index is 0.0525. The Morgan fingerprint density at radius 3 is 2.30 bits per heavy atom. The first-order valence-electron chi connectivity index (χ1n) is 7.57. The van der Waals surface area contributed by atoms with E-state index in [0.29, 0.717) is 18.5 Å². The van der Waals surface area contributed by atoms with E-state index < -0.39 is 14.6 Å². The molecule has 1 aliphatic rings. The van der Waals surface area contributed by atoms with Gasteiger partial charge in [0, 0.05) is 31.2 Å². The van der Waals surface area contributed by atoms with Gasteiger partial charge in [0.05, 0.1) is 10.5 Å². The lowest BCUT2D eigenvalue weighted by atomic mass is 9.93. The van der Waals surface area contributed by atoms with Crippen LogP contribution in [0.5, 0.6) is 0 Å². The molecule has 0 aromatic carbocycles. The Morgan fingerprint density at radius 2 is 1.85 bits per heavy atom. The normalized spacial score (nSPS) is 25.1. The average molecular weight is 305 g/mol. The Kier molecular flexibility index (Phi) is 5.32. The summed E-state index contributed by atoms with van der Waals surface area (Å²) in [6.45, 7) is 16.6. The van der Waals surface area contributed by atoms with Crippen LogP contribution in [0.15, 0.2) is 0 Å². The van der Waals surface area contributed by atoms with E-state index in [2.05, 4.69) is 37.9 Å². The quantitative estimate of drug-likeness (QED) is 0.862. The molecule has 0 saturated carbocycles. The highest BCUT2D eigenvalue weighted by molar-refractivity contribution is 7.92. The van der Waals surface area contributed by atoms with Crippen LogP contribution in [0.25, 0.3) is 0 Å². The van der Waals surface area contributed by atoms with Gasteiger partial charge in [-0.15, -0.1) is 0 Å². The predicted molar refractivity (Wildman–Crippen MR) is 85.8 cm³/mol. The number of sulfone groups is 1. The van der Waals surface area contributed by atoms with E-state index in [1.807, 2.05) is 0 Å². The maximum atomic E-state index is 12.3. The van der Waals surface area contributed by atoms with Gasteiger partial charge in [-0.05, 0) is 40.5 Å². The van der Waals surface area contributed by atoms with Crippen molar-refractivity contribution in [3.63, 3.8) is 0 Å². The van der Waals surface area contributed by atoms with E-state index in [4.69, 9.17) is 0 Å².